The van der Waals surface area contributed by atoms with E-state index in [0.29, 0.717) is 38.7 Å². The molecule has 0 radical (unpaired) electrons. The number of morpholine rings is 1. The van der Waals surface area contributed by atoms with E-state index in [9.17, 15) is 9.90 Å². The minimum absolute atomic E-state index is 0.0377. The van der Waals surface area contributed by atoms with E-state index in [1.807, 2.05) is 29.2 Å². The van der Waals surface area contributed by atoms with Gasteiger partial charge >= 0.3 is 6.01 Å². The number of aromatic hydroxyl groups is 1. The Morgan fingerprint density at radius 2 is 1.85 bits per heavy atom. The van der Waals surface area contributed by atoms with Crippen LogP contribution in [0.25, 0.3) is 10.8 Å². The van der Waals surface area contributed by atoms with E-state index in [4.69, 9.17) is 19.4 Å². The average Bonchev–Trinajstić information content (AvgIpc) is 3.00. The second-order valence-electron chi connectivity index (χ2n) is 11.0. The predicted octanol–water partition coefficient (Wildman–Crippen LogP) is 2.83. The quantitative estimate of drug-likeness (QED) is 0.440. The van der Waals surface area contributed by atoms with Gasteiger partial charge in [-0.1, -0.05) is 30.8 Å². The molecule has 41 heavy (non-hydrogen) atoms. The maximum atomic E-state index is 12.2. The van der Waals surface area contributed by atoms with Crippen molar-refractivity contribution in [3.8, 4) is 11.8 Å². The van der Waals surface area contributed by atoms with Crippen LogP contribution in [0.2, 0.25) is 0 Å². The van der Waals surface area contributed by atoms with E-state index in [-0.39, 0.29) is 17.8 Å². The summed E-state index contributed by atoms with van der Waals surface area (Å²) in [6.45, 7) is 13.7. The molecule has 0 bridgehead atoms. The van der Waals surface area contributed by atoms with Crippen LogP contribution < -0.4 is 14.5 Å². The topological polar surface area (TPSA) is 94.5 Å². The second kappa shape index (κ2) is 11.9. The molecule has 2 saturated heterocycles. The maximum Gasteiger partial charge on any atom is 0.318 e. The summed E-state index contributed by atoms with van der Waals surface area (Å²) in [7, 11) is 0. The van der Waals surface area contributed by atoms with Gasteiger partial charge in [-0.15, -0.1) is 0 Å². The molecule has 10 nitrogen and oxygen atoms in total. The Balaban J connectivity index is 1.29. The lowest BCUT2D eigenvalue weighted by Gasteiger charge is -2.38. The molecular formula is C31H38N6O4. The number of carbonyl (C=O) groups is 1. The molecule has 4 heterocycles. The van der Waals surface area contributed by atoms with E-state index < -0.39 is 0 Å². The molecule has 2 aromatic carbocycles. The number of benzene rings is 2. The Hall–Kier alpha value is -3.89. The van der Waals surface area contributed by atoms with Crippen LogP contribution in [0.4, 0.5) is 11.5 Å². The maximum absolute atomic E-state index is 12.2. The molecule has 2 fully saturated rings. The summed E-state index contributed by atoms with van der Waals surface area (Å²) < 4.78 is 11.8. The predicted molar refractivity (Wildman–Crippen MR) is 159 cm³/mol. The number of amides is 1. The standard InChI is InChI=1S/C31H38N6O4/c1-3-29(39)35-10-12-36(13-11-35)30-26-8-9-37(28-19-24(38)18-23-6-4-5-7-25(23)28)21-27(26)32-31(33-30)41-22(2)20-34-14-16-40-17-15-34/h3-7,18-19,22,38H,1,8-17,20-21H2,2H3/t22-/m1/s1. The zero-order chi connectivity index (χ0) is 28.3. The summed E-state index contributed by atoms with van der Waals surface area (Å²) >= 11 is 0. The number of fused-ring (bicyclic) bond motifs is 2. The summed E-state index contributed by atoms with van der Waals surface area (Å²) in [5.41, 5.74) is 3.06. The molecule has 1 aromatic heterocycles. The van der Waals surface area contributed by atoms with Gasteiger partial charge in [0.15, 0.2) is 0 Å². The highest BCUT2D eigenvalue weighted by atomic mass is 16.5. The Labute approximate surface area is 240 Å². The zero-order valence-corrected chi connectivity index (χ0v) is 23.7. The molecule has 0 saturated carbocycles. The summed E-state index contributed by atoms with van der Waals surface area (Å²) in [6.07, 6.45) is 2.06. The number of ether oxygens (including phenoxy) is 2. The first-order valence-corrected chi connectivity index (χ1v) is 14.5. The number of hydrogen-bond acceptors (Lipinski definition) is 9. The van der Waals surface area contributed by atoms with Gasteiger partial charge in [-0.05, 0) is 30.9 Å². The number of carbonyl (C=O) groups excluding carboxylic acids is 1. The summed E-state index contributed by atoms with van der Waals surface area (Å²) in [5.74, 6) is 1.11. The highest BCUT2D eigenvalue weighted by Crippen LogP contribution is 2.36. The molecule has 1 atom stereocenters. The van der Waals surface area contributed by atoms with Gasteiger partial charge in [-0.25, -0.2) is 0 Å². The van der Waals surface area contributed by atoms with Crippen molar-refractivity contribution in [1.29, 1.82) is 0 Å². The van der Waals surface area contributed by atoms with Crippen LogP contribution >= 0.6 is 0 Å². The number of phenols is 1. The van der Waals surface area contributed by atoms with Crippen molar-refractivity contribution in [2.24, 2.45) is 0 Å². The fourth-order valence-electron chi connectivity index (χ4n) is 6.08. The SMILES string of the molecule is C=CC(=O)N1CCN(c2nc(O[C@H](C)CN3CCOCC3)nc3c2CCN(c2cc(O)cc4ccccc24)C3)CC1. The Bertz CT molecular complexity index is 1420. The number of phenolic OH excluding ortho intramolecular Hbond substituents is 1. The number of nitrogens with zero attached hydrogens (tertiary/aromatic N) is 6. The zero-order valence-electron chi connectivity index (χ0n) is 23.7. The number of aromatic nitrogens is 2. The lowest BCUT2D eigenvalue weighted by atomic mass is 10.0. The minimum atomic E-state index is -0.0873. The van der Waals surface area contributed by atoms with E-state index >= 15 is 0 Å². The largest absolute Gasteiger partial charge is 0.508 e. The van der Waals surface area contributed by atoms with E-state index in [1.54, 1.807) is 6.07 Å². The molecule has 0 unspecified atom stereocenters. The molecule has 10 heteroatoms. The third-order valence-corrected chi connectivity index (χ3v) is 8.18. The van der Waals surface area contributed by atoms with Crippen LogP contribution in [0.1, 0.15) is 18.2 Å². The Morgan fingerprint density at radius 1 is 1.07 bits per heavy atom. The molecule has 1 N–H and O–H groups in total. The van der Waals surface area contributed by atoms with Crippen molar-refractivity contribution in [3.05, 3.63) is 60.3 Å². The van der Waals surface area contributed by atoms with Gasteiger partial charge in [0, 0.05) is 75.1 Å². The van der Waals surface area contributed by atoms with E-state index in [1.165, 1.54) is 6.08 Å². The van der Waals surface area contributed by atoms with Gasteiger partial charge in [0.2, 0.25) is 5.91 Å². The number of anilines is 2. The Morgan fingerprint density at radius 3 is 2.63 bits per heavy atom. The van der Waals surface area contributed by atoms with Crippen molar-refractivity contribution in [2.75, 3.05) is 75.4 Å². The lowest BCUT2D eigenvalue weighted by Crippen LogP contribution is -2.49. The number of hydrogen-bond donors (Lipinski definition) is 1. The van der Waals surface area contributed by atoms with Gasteiger partial charge in [-0.2, -0.15) is 9.97 Å². The minimum Gasteiger partial charge on any atom is -0.508 e. The van der Waals surface area contributed by atoms with Crippen LogP contribution in [0.5, 0.6) is 11.8 Å². The molecule has 3 aliphatic heterocycles. The monoisotopic (exact) mass is 558 g/mol. The van der Waals surface area contributed by atoms with Gasteiger partial charge in [0.05, 0.1) is 25.5 Å². The number of rotatable bonds is 7. The highest BCUT2D eigenvalue weighted by molar-refractivity contribution is 5.95. The van der Waals surface area contributed by atoms with Crippen LogP contribution in [0.15, 0.2) is 49.1 Å². The molecule has 1 amide bonds. The Kier molecular flexibility index (Phi) is 7.93. The van der Waals surface area contributed by atoms with Gasteiger partial charge in [0.25, 0.3) is 0 Å². The van der Waals surface area contributed by atoms with Gasteiger partial charge < -0.3 is 29.3 Å². The first kappa shape index (κ1) is 27.3. The molecule has 3 aliphatic rings. The molecule has 216 valence electrons. The van der Waals surface area contributed by atoms with Crippen LogP contribution in [0, 0.1) is 0 Å². The van der Waals surface area contributed by atoms with Gasteiger partial charge in [0.1, 0.15) is 17.7 Å². The summed E-state index contributed by atoms with van der Waals surface area (Å²) in [5, 5.41) is 12.6. The van der Waals surface area contributed by atoms with Crippen LogP contribution in [-0.4, -0.2) is 102 Å². The number of piperazine rings is 1. The average molecular weight is 559 g/mol. The van der Waals surface area contributed by atoms with E-state index in [0.717, 1.165) is 79.3 Å². The highest BCUT2D eigenvalue weighted by Gasteiger charge is 2.29. The molecule has 0 aliphatic carbocycles. The van der Waals surface area contributed by atoms with E-state index in [2.05, 4.69) is 34.3 Å². The van der Waals surface area contributed by atoms with Crippen LogP contribution in [-0.2, 0) is 22.5 Å². The van der Waals surface area contributed by atoms with Crippen molar-refractivity contribution in [3.63, 3.8) is 0 Å². The summed E-state index contributed by atoms with van der Waals surface area (Å²) in [6, 6.07) is 12.2. The third-order valence-electron chi connectivity index (χ3n) is 8.18. The van der Waals surface area contributed by atoms with Crippen molar-refractivity contribution in [2.45, 2.75) is 26.0 Å². The lowest BCUT2D eigenvalue weighted by molar-refractivity contribution is -0.126. The fraction of sp³-hybridized carbons (Fsp3) is 0.452. The molecular weight excluding hydrogens is 520 g/mol. The fourth-order valence-corrected chi connectivity index (χ4v) is 6.08. The van der Waals surface area contributed by atoms with Crippen molar-refractivity contribution >= 4 is 28.2 Å². The first-order valence-electron chi connectivity index (χ1n) is 14.5. The molecule has 6 rings (SSSR count). The van der Waals surface area contributed by atoms with Crippen molar-refractivity contribution in [1.82, 2.24) is 19.8 Å². The first-order chi connectivity index (χ1) is 20.0. The van der Waals surface area contributed by atoms with Crippen LogP contribution in [0.3, 0.4) is 0 Å². The third kappa shape index (κ3) is 5.94. The summed E-state index contributed by atoms with van der Waals surface area (Å²) in [4.78, 5) is 30.8. The smallest absolute Gasteiger partial charge is 0.318 e. The second-order valence-corrected chi connectivity index (χ2v) is 11.0. The molecule has 3 aromatic rings. The molecule has 0 spiro atoms. The normalized spacial score (nSPS) is 18.7. The van der Waals surface area contributed by atoms with Crippen molar-refractivity contribution < 1.29 is 19.4 Å². The van der Waals surface area contributed by atoms with Gasteiger partial charge in [-0.3, -0.25) is 9.69 Å².